The van der Waals surface area contributed by atoms with Crippen LogP contribution in [-0.2, 0) is 6.54 Å². The normalized spacial score (nSPS) is 10.4. The highest BCUT2D eigenvalue weighted by molar-refractivity contribution is 9.10. The van der Waals surface area contributed by atoms with Gasteiger partial charge >= 0.3 is 0 Å². The second-order valence-corrected chi connectivity index (χ2v) is 4.77. The number of nitrogens with one attached hydrogen (secondary N) is 1. The first-order valence-electron chi connectivity index (χ1n) is 5.55. The third kappa shape index (κ3) is 3.31. The van der Waals surface area contributed by atoms with E-state index in [1.807, 2.05) is 31.3 Å². The van der Waals surface area contributed by atoms with Crippen molar-refractivity contribution < 1.29 is 9.13 Å². The zero-order chi connectivity index (χ0) is 13.0. The first kappa shape index (κ1) is 13.1. The SMILES string of the molecule is CNCc1ccc(Oc2cc(Br)ccc2F)cc1. The molecule has 1 N–H and O–H groups in total. The molecule has 0 aliphatic rings. The Morgan fingerprint density at radius 3 is 2.56 bits per heavy atom. The van der Waals surface area contributed by atoms with Gasteiger partial charge in [-0.3, -0.25) is 0 Å². The van der Waals surface area contributed by atoms with Crippen LogP contribution in [-0.4, -0.2) is 7.05 Å². The fraction of sp³-hybridized carbons (Fsp3) is 0.143. The zero-order valence-electron chi connectivity index (χ0n) is 9.91. The average Bonchev–Trinajstić information content (AvgIpc) is 2.37. The van der Waals surface area contributed by atoms with Gasteiger partial charge in [0.05, 0.1) is 0 Å². The maximum absolute atomic E-state index is 13.5. The van der Waals surface area contributed by atoms with Gasteiger partial charge in [-0.2, -0.15) is 0 Å². The topological polar surface area (TPSA) is 21.3 Å². The summed E-state index contributed by atoms with van der Waals surface area (Å²) in [5.74, 6) is 0.454. The molecule has 0 atom stereocenters. The van der Waals surface area contributed by atoms with Gasteiger partial charge < -0.3 is 10.1 Å². The van der Waals surface area contributed by atoms with Crippen molar-refractivity contribution in [1.29, 1.82) is 0 Å². The fourth-order valence-corrected chi connectivity index (χ4v) is 1.90. The molecular weight excluding hydrogens is 297 g/mol. The molecule has 0 spiro atoms. The minimum atomic E-state index is -0.377. The van der Waals surface area contributed by atoms with Crippen molar-refractivity contribution in [2.75, 3.05) is 7.05 Å². The summed E-state index contributed by atoms with van der Waals surface area (Å²) in [4.78, 5) is 0. The Hall–Kier alpha value is -1.39. The van der Waals surface area contributed by atoms with Gasteiger partial charge in [0, 0.05) is 11.0 Å². The minimum absolute atomic E-state index is 0.214. The standard InChI is InChI=1S/C14H13BrFNO/c1-17-9-10-2-5-12(6-3-10)18-14-8-11(15)4-7-13(14)16/h2-8,17H,9H2,1H3. The lowest BCUT2D eigenvalue weighted by Crippen LogP contribution is -2.04. The molecule has 0 fully saturated rings. The van der Waals surface area contributed by atoms with E-state index in [2.05, 4.69) is 21.2 Å². The molecule has 0 radical (unpaired) electrons. The van der Waals surface area contributed by atoms with E-state index in [-0.39, 0.29) is 11.6 Å². The van der Waals surface area contributed by atoms with Gasteiger partial charge in [-0.25, -0.2) is 4.39 Å². The summed E-state index contributed by atoms with van der Waals surface area (Å²) in [7, 11) is 1.89. The molecule has 0 amide bonds. The minimum Gasteiger partial charge on any atom is -0.454 e. The molecule has 2 aromatic carbocycles. The quantitative estimate of drug-likeness (QED) is 0.918. The monoisotopic (exact) mass is 309 g/mol. The Kier molecular flexibility index (Phi) is 4.33. The van der Waals surface area contributed by atoms with E-state index < -0.39 is 0 Å². The van der Waals surface area contributed by atoms with Crippen LogP contribution in [0.2, 0.25) is 0 Å². The van der Waals surface area contributed by atoms with Crippen molar-refractivity contribution in [3.8, 4) is 11.5 Å². The van der Waals surface area contributed by atoms with Crippen LogP contribution in [0.15, 0.2) is 46.9 Å². The molecule has 0 saturated heterocycles. The zero-order valence-corrected chi connectivity index (χ0v) is 11.5. The van der Waals surface area contributed by atoms with Crippen LogP contribution in [0.1, 0.15) is 5.56 Å². The molecular formula is C14H13BrFNO. The second kappa shape index (κ2) is 5.98. The molecule has 0 heterocycles. The number of ether oxygens (including phenoxy) is 1. The molecule has 18 heavy (non-hydrogen) atoms. The van der Waals surface area contributed by atoms with Gasteiger partial charge in [-0.1, -0.05) is 28.1 Å². The Morgan fingerprint density at radius 2 is 1.89 bits per heavy atom. The number of hydrogen-bond donors (Lipinski definition) is 1. The van der Waals surface area contributed by atoms with Crippen LogP contribution in [0.5, 0.6) is 11.5 Å². The van der Waals surface area contributed by atoms with Gasteiger partial charge in [0.2, 0.25) is 0 Å². The van der Waals surface area contributed by atoms with Crippen molar-refractivity contribution in [2.45, 2.75) is 6.54 Å². The number of halogens is 2. The van der Waals surface area contributed by atoms with Crippen molar-refractivity contribution in [3.63, 3.8) is 0 Å². The molecule has 2 aromatic rings. The van der Waals surface area contributed by atoms with Crippen LogP contribution in [0, 0.1) is 5.82 Å². The molecule has 0 saturated carbocycles. The van der Waals surface area contributed by atoms with Gasteiger partial charge in [0.15, 0.2) is 11.6 Å². The lowest BCUT2D eigenvalue weighted by Gasteiger charge is -2.08. The van der Waals surface area contributed by atoms with Crippen LogP contribution in [0.4, 0.5) is 4.39 Å². The highest BCUT2D eigenvalue weighted by atomic mass is 79.9. The summed E-state index contributed by atoms with van der Waals surface area (Å²) in [6, 6.07) is 12.2. The number of rotatable bonds is 4. The molecule has 2 rings (SSSR count). The van der Waals surface area contributed by atoms with Crippen molar-refractivity contribution in [3.05, 3.63) is 58.3 Å². The molecule has 0 aromatic heterocycles. The molecule has 0 aliphatic heterocycles. The highest BCUT2D eigenvalue weighted by Gasteiger charge is 2.05. The lowest BCUT2D eigenvalue weighted by atomic mass is 10.2. The molecule has 0 bridgehead atoms. The maximum atomic E-state index is 13.5. The summed E-state index contributed by atoms with van der Waals surface area (Å²) in [5.41, 5.74) is 1.15. The van der Waals surface area contributed by atoms with Crippen molar-refractivity contribution in [2.24, 2.45) is 0 Å². The number of hydrogen-bond acceptors (Lipinski definition) is 2. The molecule has 0 aliphatic carbocycles. The molecule has 2 nitrogen and oxygen atoms in total. The maximum Gasteiger partial charge on any atom is 0.165 e. The predicted octanol–water partition coefficient (Wildman–Crippen LogP) is 4.10. The van der Waals surface area contributed by atoms with Crippen LogP contribution >= 0.6 is 15.9 Å². The Morgan fingerprint density at radius 1 is 1.17 bits per heavy atom. The van der Waals surface area contributed by atoms with Gasteiger partial charge in [0.25, 0.3) is 0 Å². The van der Waals surface area contributed by atoms with Crippen molar-refractivity contribution in [1.82, 2.24) is 5.32 Å². The van der Waals surface area contributed by atoms with Crippen LogP contribution in [0.25, 0.3) is 0 Å². The average molecular weight is 310 g/mol. The third-order valence-corrected chi connectivity index (χ3v) is 2.92. The van der Waals surface area contributed by atoms with E-state index in [0.717, 1.165) is 16.6 Å². The van der Waals surface area contributed by atoms with E-state index >= 15 is 0 Å². The Bertz CT molecular complexity index is 528. The summed E-state index contributed by atoms with van der Waals surface area (Å²) < 4.78 is 19.8. The number of benzene rings is 2. The van der Waals surface area contributed by atoms with E-state index in [4.69, 9.17) is 4.74 Å². The fourth-order valence-electron chi connectivity index (χ4n) is 1.56. The third-order valence-electron chi connectivity index (χ3n) is 2.43. The lowest BCUT2D eigenvalue weighted by molar-refractivity contribution is 0.441. The highest BCUT2D eigenvalue weighted by Crippen LogP contribution is 2.27. The molecule has 94 valence electrons. The van der Waals surface area contributed by atoms with Crippen molar-refractivity contribution >= 4 is 15.9 Å². The van der Waals surface area contributed by atoms with Gasteiger partial charge in [-0.05, 0) is 42.9 Å². The van der Waals surface area contributed by atoms with E-state index in [1.165, 1.54) is 6.07 Å². The predicted molar refractivity (Wildman–Crippen MR) is 73.4 cm³/mol. The summed E-state index contributed by atoms with van der Waals surface area (Å²) in [6.45, 7) is 0.797. The van der Waals surface area contributed by atoms with Crippen LogP contribution < -0.4 is 10.1 Å². The summed E-state index contributed by atoms with van der Waals surface area (Å²) in [5, 5.41) is 3.06. The Balaban J connectivity index is 2.15. The first-order chi connectivity index (χ1) is 8.69. The van der Waals surface area contributed by atoms with E-state index in [0.29, 0.717) is 5.75 Å². The summed E-state index contributed by atoms with van der Waals surface area (Å²) in [6.07, 6.45) is 0. The summed E-state index contributed by atoms with van der Waals surface area (Å²) >= 11 is 3.29. The first-order valence-corrected chi connectivity index (χ1v) is 6.35. The van der Waals surface area contributed by atoms with Gasteiger partial charge in [0.1, 0.15) is 5.75 Å². The second-order valence-electron chi connectivity index (χ2n) is 3.85. The smallest absolute Gasteiger partial charge is 0.165 e. The molecule has 0 unspecified atom stereocenters. The largest absolute Gasteiger partial charge is 0.454 e. The van der Waals surface area contributed by atoms with E-state index in [1.54, 1.807) is 12.1 Å². The van der Waals surface area contributed by atoms with Gasteiger partial charge in [-0.15, -0.1) is 0 Å². The van der Waals surface area contributed by atoms with Crippen LogP contribution in [0.3, 0.4) is 0 Å². The van der Waals surface area contributed by atoms with E-state index in [9.17, 15) is 4.39 Å². The molecule has 4 heteroatoms. The Labute approximate surface area is 114 Å².